The SMILES string of the molecule is C=CCCC=CC(=CC1NC(=C)/C(=C(C)/C=C\c2cc[nH]c2N)c2ccccc21)N=C(C=C)C=C/C=C\CCC. The van der Waals surface area contributed by atoms with E-state index in [1.165, 1.54) is 5.56 Å². The largest absolute Gasteiger partial charge is 0.385 e. The average Bonchev–Trinajstić information content (AvgIpc) is 3.37. The number of nitrogen functional groups attached to an aromatic ring is 1. The van der Waals surface area contributed by atoms with Crippen molar-refractivity contribution in [3.05, 3.63) is 151 Å². The zero-order valence-corrected chi connectivity index (χ0v) is 23.9. The van der Waals surface area contributed by atoms with E-state index in [0.29, 0.717) is 5.82 Å². The van der Waals surface area contributed by atoms with Crippen LogP contribution in [0.25, 0.3) is 11.6 Å². The second kappa shape index (κ2) is 15.7. The molecule has 1 aromatic heterocycles. The fourth-order valence-corrected chi connectivity index (χ4v) is 4.43. The fraction of sp³-hybridized carbons (Fsp3) is 0.194. The molecule has 0 bridgehead atoms. The van der Waals surface area contributed by atoms with Gasteiger partial charge < -0.3 is 16.0 Å². The maximum atomic E-state index is 6.02. The summed E-state index contributed by atoms with van der Waals surface area (Å²) in [4.78, 5) is 7.96. The summed E-state index contributed by atoms with van der Waals surface area (Å²) in [5.74, 6) is 0.653. The highest BCUT2D eigenvalue weighted by atomic mass is 14.9. The van der Waals surface area contributed by atoms with E-state index < -0.39 is 0 Å². The highest BCUT2D eigenvalue weighted by molar-refractivity contribution is 6.04. The number of hydrogen-bond donors (Lipinski definition) is 3. The number of nitrogens with zero attached hydrogens (tertiary/aromatic N) is 1. The molecule has 4 heteroatoms. The van der Waals surface area contributed by atoms with Gasteiger partial charge in [-0.2, -0.15) is 0 Å². The molecule has 1 aromatic carbocycles. The van der Waals surface area contributed by atoms with Crippen LogP contribution in [-0.2, 0) is 0 Å². The summed E-state index contributed by atoms with van der Waals surface area (Å²) in [5.41, 5.74) is 14.0. The Morgan fingerprint density at radius 3 is 2.58 bits per heavy atom. The van der Waals surface area contributed by atoms with E-state index in [9.17, 15) is 0 Å². The monoisotopic (exact) mass is 530 g/mol. The van der Waals surface area contributed by atoms with E-state index >= 15 is 0 Å². The number of fused-ring (bicyclic) bond motifs is 1. The van der Waals surface area contributed by atoms with E-state index in [-0.39, 0.29) is 6.04 Å². The number of aliphatic imine (C=N–C) groups is 1. The molecule has 0 amide bonds. The highest BCUT2D eigenvalue weighted by Gasteiger charge is 2.25. The van der Waals surface area contributed by atoms with Gasteiger partial charge in [0.1, 0.15) is 5.82 Å². The van der Waals surface area contributed by atoms with E-state index in [0.717, 1.165) is 65.1 Å². The molecule has 4 N–H and O–H groups in total. The molecule has 0 aliphatic carbocycles. The Morgan fingerprint density at radius 2 is 1.85 bits per heavy atom. The third kappa shape index (κ3) is 8.47. The molecular formula is C36H42N4. The van der Waals surface area contributed by atoms with Gasteiger partial charge in [-0.25, -0.2) is 4.99 Å². The molecular weight excluding hydrogens is 488 g/mol. The van der Waals surface area contributed by atoms with Crippen molar-refractivity contribution in [2.45, 2.75) is 45.6 Å². The summed E-state index contributed by atoms with van der Waals surface area (Å²) in [6.45, 7) is 16.5. The van der Waals surface area contributed by atoms with Crippen LogP contribution in [0.5, 0.6) is 0 Å². The third-order valence-electron chi connectivity index (χ3n) is 6.52. The zero-order valence-electron chi connectivity index (χ0n) is 23.9. The Balaban J connectivity index is 2.01. The number of aromatic amines is 1. The lowest BCUT2D eigenvalue weighted by Crippen LogP contribution is -2.26. The Hall–Kier alpha value is -4.57. The van der Waals surface area contributed by atoms with Crippen molar-refractivity contribution >= 4 is 23.2 Å². The molecule has 0 fully saturated rings. The van der Waals surface area contributed by atoms with Gasteiger partial charge in [-0.1, -0.05) is 93.3 Å². The van der Waals surface area contributed by atoms with Crippen molar-refractivity contribution in [3.8, 4) is 0 Å². The quantitative estimate of drug-likeness (QED) is 0.105. The van der Waals surface area contributed by atoms with Crippen LogP contribution in [0.2, 0.25) is 0 Å². The van der Waals surface area contributed by atoms with Crippen molar-refractivity contribution < 1.29 is 0 Å². The van der Waals surface area contributed by atoms with Crippen LogP contribution in [0.3, 0.4) is 0 Å². The number of benzene rings is 1. The average molecular weight is 531 g/mol. The first kappa shape index (κ1) is 30.0. The number of H-pyrrole nitrogens is 1. The second-order valence-corrected chi connectivity index (χ2v) is 9.60. The molecule has 206 valence electrons. The lowest BCUT2D eigenvalue weighted by Gasteiger charge is -2.30. The highest BCUT2D eigenvalue weighted by Crippen LogP contribution is 2.38. The van der Waals surface area contributed by atoms with E-state index in [2.05, 4.69) is 105 Å². The van der Waals surface area contributed by atoms with Gasteiger partial charge in [0.15, 0.2) is 0 Å². The number of unbranched alkanes of at least 4 members (excludes halogenated alkanes) is 2. The van der Waals surface area contributed by atoms with Gasteiger partial charge in [0.2, 0.25) is 0 Å². The van der Waals surface area contributed by atoms with Gasteiger partial charge in [0.05, 0.1) is 17.5 Å². The predicted octanol–water partition coefficient (Wildman–Crippen LogP) is 9.19. The second-order valence-electron chi connectivity index (χ2n) is 9.60. The Bertz CT molecular complexity index is 1400. The molecule has 1 aliphatic heterocycles. The summed E-state index contributed by atoms with van der Waals surface area (Å²) in [6.07, 6.45) is 28.3. The molecule has 2 aromatic rings. The van der Waals surface area contributed by atoms with Gasteiger partial charge in [0.25, 0.3) is 0 Å². The minimum absolute atomic E-state index is 0.0909. The molecule has 0 radical (unpaired) electrons. The summed E-state index contributed by atoms with van der Waals surface area (Å²) < 4.78 is 0. The molecule has 2 heterocycles. The minimum atomic E-state index is -0.0909. The number of nitrogens with two attached hydrogens (primary N) is 1. The maximum Gasteiger partial charge on any atom is 0.107 e. The third-order valence-corrected chi connectivity index (χ3v) is 6.52. The molecule has 1 unspecified atom stereocenters. The smallest absolute Gasteiger partial charge is 0.107 e. The molecule has 1 atom stereocenters. The number of rotatable bonds is 13. The van der Waals surface area contributed by atoms with Gasteiger partial charge in [-0.05, 0) is 73.3 Å². The van der Waals surface area contributed by atoms with Gasteiger partial charge in [0, 0.05) is 23.0 Å². The van der Waals surface area contributed by atoms with Crippen LogP contribution >= 0.6 is 0 Å². The number of hydrogen-bond acceptors (Lipinski definition) is 3. The normalized spacial score (nSPS) is 17.6. The lowest BCUT2D eigenvalue weighted by molar-refractivity contribution is 0.711. The Morgan fingerprint density at radius 1 is 1.02 bits per heavy atom. The first-order valence-electron chi connectivity index (χ1n) is 13.9. The Labute approximate surface area is 240 Å². The standard InChI is InChI=1S/C36H42N4/c1-6-9-11-13-15-18-30(8-3)40-31(19-14-12-10-7-2)26-34-32-20-16-17-21-33(32)35(28(5)39-34)27(4)22-23-29-24-25-38-36(29)37/h7-8,11,13-26,34,38-39H,2-3,5-6,9-10,12,37H2,1,4H3/b13-11-,18-15?,19-14?,23-22-,31-26?,35-27-,40-30?. The summed E-state index contributed by atoms with van der Waals surface area (Å²) in [5, 5.41) is 3.63. The zero-order chi connectivity index (χ0) is 28.7. The van der Waals surface area contributed by atoms with Gasteiger partial charge in [-0.15, -0.1) is 6.58 Å². The lowest BCUT2D eigenvalue weighted by atomic mass is 9.86. The van der Waals surface area contributed by atoms with Crippen molar-refractivity contribution in [1.82, 2.24) is 10.3 Å². The number of nitrogens with one attached hydrogen (secondary N) is 2. The number of anilines is 1. The summed E-state index contributed by atoms with van der Waals surface area (Å²) >= 11 is 0. The van der Waals surface area contributed by atoms with Gasteiger partial charge >= 0.3 is 0 Å². The summed E-state index contributed by atoms with van der Waals surface area (Å²) in [6, 6.07) is 10.3. The Kier molecular flexibility index (Phi) is 11.8. The van der Waals surface area contributed by atoms with Crippen LogP contribution in [0.1, 0.15) is 62.3 Å². The molecule has 1 aliphatic rings. The molecule has 3 rings (SSSR count). The van der Waals surface area contributed by atoms with Crippen LogP contribution in [0.15, 0.2) is 139 Å². The van der Waals surface area contributed by atoms with Crippen molar-refractivity contribution in [2.75, 3.05) is 5.73 Å². The molecule has 4 nitrogen and oxygen atoms in total. The van der Waals surface area contributed by atoms with Gasteiger partial charge in [-0.3, -0.25) is 0 Å². The maximum absolute atomic E-state index is 6.02. The van der Waals surface area contributed by atoms with Crippen LogP contribution < -0.4 is 11.1 Å². The first-order valence-corrected chi connectivity index (χ1v) is 13.9. The van der Waals surface area contributed by atoms with E-state index in [1.54, 1.807) is 6.08 Å². The van der Waals surface area contributed by atoms with Crippen LogP contribution in [0.4, 0.5) is 5.82 Å². The van der Waals surface area contributed by atoms with Crippen molar-refractivity contribution in [3.63, 3.8) is 0 Å². The molecule has 0 saturated heterocycles. The number of allylic oxidation sites excluding steroid dienone is 11. The topological polar surface area (TPSA) is 66.2 Å². The van der Waals surface area contributed by atoms with Crippen LogP contribution in [-0.4, -0.2) is 10.7 Å². The minimum Gasteiger partial charge on any atom is -0.385 e. The fourth-order valence-electron chi connectivity index (χ4n) is 4.43. The first-order chi connectivity index (χ1) is 19.5. The molecule has 40 heavy (non-hydrogen) atoms. The van der Waals surface area contributed by atoms with Crippen molar-refractivity contribution in [1.29, 1.82) is 0 Å². The molecule has 0 spiro atoms. The van der Waals surface area contributed by atoms with Crippen molar-refractivity contribution in [2.24, 2.45) is 4.99 Å². The van der Waals surface area contributed by atoms with E-state index in [1.807, 2.05) is 36.6 Å². The predicted molar refractivity (Wildman–Crippen MR) is 176 cm³/mol. The number of aromatic nitrogens is 1. The van der Waals surface area contributed by atoms with Crippen LogP contribution in [0, 0.1) is 0 Å². The molecule has 0 saturated carbocycles. The summed E-state index contributed by atoms with van der Waals surface area (Å²) in [7, 11) is 0. The van der Waals surface area contributed by atoms with E-state index in [4.69, 9.17) is 10.7 Å².